The molecule has 0 N–H and O–H groups in total. The van der Waals surface area contributed by atoms with Gasteiger partial charge in [-0.3, -0.25) is 0 Å². The first kappa shape index (κ1) is 18.2. The third-order valence-electron chi connectivity index (χ3n) is 4.28. The molecule has 3 aromatic heterocycles. The highest BCUT2D eigenvalue weighted by Gasteiger charge is 2.28. The minimum absolute atomic E-state index is 0.218. The van der Waals surface area contributed by atoms with Gasteiger partial charge in [0.1, 0.15) is 10.4 Å². The van der Waals surface area contributed by atoms with Crippen LogP contribution in [0, 0.1) is 0 Å². The monoisotopic (exact) mass is 405 g/mol. The Kier molecular flexibility index (Phi) is 4.55. The molecule has 0 bridgehead atoms. The van der Waals surface area contributed by atoms with E-state index in [1.54, 1.807) is 22.4 Å². The maximum Gasteiger partial charge on any atom is 0.410 e. The van der Waals surface area contributed by atoms with Gasteiger partial charge in [-0.1, -0.05) is 0 Å². The number of carbonyl (C=O) groups is 1. The lowest BCUT2D eigenvalue weighted by atomic mass is 10.2. The summed E-state index contributed by atoms with van der Waals surface area (Å²) >= 11 is 7.77. The SMILES string of the molecule is CC(C)(C)OC(=O)N1CCN(c2nc(Cl)nc3c2sc2ncccc23)CC1. The summed E-state index contributed by atoms with van der Waals surface area (Å²) < 4.78 is 6.43. The number of thiophene rings is 1. The van der Waals surface area contributed by atoms with E-state index >= 15 is 0 Å². The van der Waals surface area contributed by atoms with Crippen LogP contribution < -0.4 is 4.90 Å². The Hall–Kier alpha value is -2.19. The van der Waals surface area contributed by atoms with Crippen molar-refractivity contribution < 1.29 is 9.53 Å². The van der Waals surface area contributed by atoms with Gasteiger partial charge >= 0.3 is 6.09 Å². The Morgan fingerprint density at radius 3 is 2.67 bits per heavy atom. The quantitative estimate of drug-likeness (QED) is 0.571. The van der Waals surface area contributed by atoms with Crippen LogP contribution in [0.3, 0.4) is 0 Å². The molecule has 0 radical (unpaired) electrons. The lowest BCUT2D eigenvalue weighted by molar-refractivity contribution is 0.0240. The molecule has 0 aliphatic carbocycles. The van der Waals surface area contributed by atoms with Gasteiger partial charge in [0.05, 0.1) is 10.2 Å². The second-order valence-corrected chi connectivity index (χ2v) is 8.74. The Labute approximate surface area is 165 Å². The normalized spacial score (nSPS) is 15.6. The van der Waals surface area contributed by atoms with Crippen LogP contribution in [0.15, 0.2) is 18.3 Å². The number of ether oxygens (including phenoxy) is 1. The van der Waals surface area contributed by atoms with Gasteiger partial charge in [-0.2, -0.15) is 4.98 Å². The molecule has 1 aliphatic heterocycles. The van der Waals surface area contributed by atoms with E-state index in [0.717, 1.165) is 26.3 Å². The average molecular weight is 406 g/mol. The van der Waals surface area contributed by atoms with Crippen LogP contribution in [0.1, 0.15) is 20.8 Å². The Morgan fingerprint density at radius 1 is 1.22 bits per heavy atom. The largest absolute Gasteiger partial charge is 0.444 e. The number of rotatable bonds is 1. The van der Waals surface area contributed by atoms with Crippen molar-refractivity contribution >= 4 is 55.3 Å². The predicted octanol–water partition coefficient (Wildman–Crippen LogP) is 3.95. The highest BCUT2D eigenvalue weighted by Crippen LogP contribution is 2.37. The van der Waals surface area contributed by atoms with Gasteiger partial charge in [0.25, 0.3) is 0 Å². The van der Waals surface area contributed by atoms with E-state index in [9.17, 15) is 4.79 Å². The number of fused-ring (bicyclic) bond motifs is 3. The second kappa shape index (κ2) is 6.76. The summed E-state index contributed by atoms with van der Waals surface area (Å²) in [6.07, 6.45) is 1.49. The third-order valence-corrected chi connectivity index (χ3v) is 5.54. The Balaban J connectivity index is 1.60. The van der Waals surface area contributed by atoms with Crippen LogP contribution in [0.5, 0.6) is 0 Å². The van der Waals surface area contributed by atoms with Gasteiger partial charge in [0.2, 0.25) is 5.28 Å². The summed E-state index contributed by atoms with van der Waals surface area (Å²) in [5, 5.41) is 1.20. The van der Waals surface area contributed by atoms with Crippen molar-refractivity contribution in [1.29, 1.82) is 0 Å². The van der Waals surface area contributed by atoms with Gasteiger partial charge < -0.3 is 14.5 Å². The van der Waals surface area contributed by atoms with E-state index in [0.29, 0.717) is 26.2 Å². The molecule has 0 aromatic carbocycles. The number of amides is 1. The molecule has 0 spiro atoms. The van der Waals surface area contributed by atoms with E-state index < -0.39 is 5.60 Å². The van der Waals surface area contributed by atoms with Gasteiger partial charge in [0.15, 0.2) is 5.82 Å². The topological polar surface area (TPSA) is 71.5 Å². The zero-order valence-electron chi connectivity index (χ0n) is 15.4. The number of nitrogens with zero attached hydrogens (tertiary/aromatic N) is 5. The van der Waals surface area contributed by atoms with Crippen molar-refractivity contribution in [1.82, 2.24) is 19.9 Å². The molecule has 1 aliphatic rings. The predicted molar refractivity (Wildman–Crippen MR) is 108 cm³/mol. The molecular formula is C18H20ClN5O2S. The van der Waals surface area contributed by atoms with E-state index in [1.165, 1.54) is 0 Å². The molecule has 1 amide bonds. The van der Waals surface area contributed by atoms with Crippen molar-refractivity contribution in [3.63, 3.8) is 0 Å². The second-order valence-electron chi connectivity index (χ2n) is 7.41. The number of hydrogen-bond donors (Lipinski definition) is 0. The summed E-state index contributed by atoms with van der Waals surface area (Å²) in [4.78, 5) is 30.4. The van der Waals surface area contributed by atoms with Gasteiger partial charge in [0, 0.05) is 37.8 Å². The van der Waals surface area contributed by atoms with Crippen LogP contribution in [-0.4, -0.2) is 57.7 Å². The molecule has 0 saturated carbocycles. The first-order valence-electron chi connectivity index (χ1n) is 8.75. The molecule has 1 fully saturated rings. The van der Waals surface area contributed by atoms with Crippen LogP contribution in [-0.2, 0) is 4.74 Å². The van der Waals surface area contributed by atoms with Gasteiger partial charge in [-0.05, 0) is 44.5 Å². The highest BCUT2D eigenvalue weighted by atomic mass is 35.5. The van der Waals surface area contributed by atoms with Gasteiger partial charge in [-0.15, -0.1) is 11.3 Å². The third kappa shape index (κ3) is 3.64. The summed E-state index contributed by atoms with van der Waals surface area (Å²) in [7, 11) is 0. The smallest absolute Gasteiger partial charge is 0.410 e. The molecule has 0 atom stereocenters. The van der Waals surface area contributed by atoms with Crippen LogP contribution in [0.2, 0.25) is 5.28 Å². The number of hydrogen-bond acceptors (Lipinski definition) is 7. The molecule has 1 saturated heterocycles. The van der Waals surface area contributed by atoms with Crippen LogP contribution in [0.25, 0.3) is 20.4 Å². The van der Waals surface area contributed by atoms with Crippen molar-refractivity contribution in [3.8, 4) is 0 Å². The molecule has 0 unspecified atom stereocenters. The molecular weight excluding hydrogens is 386 g/mol. The molecule has 4 rings (SSSR count). The molecule has 9 heteroatoms. The van der Waals surface area contributed by atoms with Gasteiger partial charge in [-0.25, -0.2) is 14.8 Å². The number of aromatic nitrogens is 3. The molecule has 7 nitrogen and oxygen atoms in total. The van der Waals surface area contributed by atoms with Crippen LogP contribution >= 0.6 is 22.9 Å². The first-order chi connectivity index (χ1) is 12.8. The summed E-state index contributed by atoms with van der Waals surface area (Å²) in [5.41, 5.74) is 0.331. The van der Waals surface area contributed by atoms with Crippen molar-refractivity contribution in [2.75, 3.05) is 31.1 Å². The van der Waals surface area contributed by atoms with Crippen molar-refractivity contribution in [3.05, 3.63) is 23.6 Å². The fraction of sp³-hybridized carbons (Fsp3) is 0.444. The number of anilines is 1. The molecule has 4 heterocycles. The fourth-order valence-electron chi connectivity index (χ4n) is 3.08. The molecule has 27 heavy (non-hydrogen) atoms. The Bertz CT molecular complexity index is 1010. The fourth-order valence-corrected chi connectivity index (χ4v) is 4.34. The average Bonchev–Trinajstić information content (AvgIpc) is 2.98. The van der Waals surface area contributed by atoms with E-state index in [-0.39, 0.29) is 11.4 Å². The maximum atomic E-state index is 12.3. The van der Waals surface area contributed by atoms with E-state index in [4.69, 9.17) is 16.3 Å². The summed E-state index contributed by atoms with van der Waals surface area (Å²) in [6, 6.07) is 3.89. The zero-order chi connectivity index (χ0) is 19.2. The maximum absolute atomic E-state index is 12.3. The van der Waals surface area contributed by atoms with Crippen LogP contribution in [0.4, 0.5) is 10.6 Å². The van der Waals surface area contributed by atoms with Crippen molar-refractivity contribution in [2.24, 2.45) is 0 Å². The lowest BCUT2D eigenvalue weighted by Crippen LogP contribution is -2.50. The summed E-state index contributed by atoms with van der Waals surface area (Å²) in [6.45, 7) is 8.07. The minimum Gasteiger partial charge on any atom is -0.444 e. The zero-order valence-corrected chi connectivity index (χ0v) is 17.0. The molecule has 3 aromatic rings. The molecule has 142 valence electrons. The highest BCUT2D eigenvalue weighted by molar-refractivity contribution is 7.25. The standard InChI is InChI=1S/C18H20ClN5O2S/c1-18(2,3)26-17(25)24-9-7-23(8-10-24)14-13-12(21-16(19)22-14)11-5-4-6-20-15(11)27-13/h4-6H,7-10H2,1-3H3. The first-order valence-corrected chi connectivity index (χ1v) is 9.95. The lowest BCUT2D eigenvalue weighted by Gasteiger charge is -2.36. The minimum atomic E-state index is -0.495. The number of piperazine rings is 1. The number of halogens is 1. The Morgan fingerprint density at radius 2 is 1.96 bits per heavy atom. The summed E-state index contributed by atoms with van der Waals surface area (Å²) in [5.74, 6) is 0.803. The van der Waals surface area contributed by atoms with E-state index in [2.05, 4.69) is 19.9 Å². The number of carbonyl (C=O) groups excluding carboxylic acids is 1. The van der Waals surface area contributed by atoms with E-state index in [1.807, 2.05) is 32.9 Å². The number of pyridine rings is 1. The van der Waals surface area contributed by atoms with Crippen molar-refractivity contribution in [2.45, 2.75) is 26.4 Å².